The van der Waals surface area contributed by atoms with Gasteiger partial charge in [-0.15, -0.1) is 0 Å². The molecule has 0 aliphatic carbocycles. The van der Waals surface area contributed by atoms with Crippen LogP contribution in [0.5, 0.6) is 5.75 Å². The van der Waals surface area contributed by atoms with E-state index in [-0.39, 0.29) is 0 Å². The summed E-state index contributed by atoms with van der Waals surface area (Å²) in [5.41, 5.74) is 1.27. The maximum Gasteiger partial charge on any atom is 0.119 e. The zero-order chi connectivity index (χ0) is 13.5. The molecule has 0 aliphatic heterocycles. The van der Waals surface area contributed by atoms with Gasteiger partial charge in [0.15, 0.2) is 0 Å². The molecule has 1 aromatic carbocycles. The van der Waals surface area contributed by atoms with Crippen molar-refractivity contribution in [2.75, 3.05) is 27.2 Å². The van der Waals surface area contributed by atoms with Gasteiger partial charge >= 0.3 is 0 Å². The molecule has 0 spiro atoms. The smallest absolute Gasteiger partial charge is 0.119 e. The van der Waals surface area contributed by atoms with E-state index in [2.05, 4.69) is 43.1 Å². The second-order valence-electron chi connectivity index (χ2n) is 4.80. The Morgan fingerprint density at radius 3 is 2.56 bits per heavy atom. The van der Waals surface area contributed by atoms with Crippen molar-refractivity contribution in [2.45, 2.75) is 32.9 Å². The Morgan fingerprint density at radius 1 is 1.33 bits per heavy atom. The average Bonchev–Trinajstić information content (AvgIpc) is 2.39. The van der Waals surface area contributed by atoms with E-state index >= 15 is 0 Å². The van der Waals surface area contributed by atoms with Crippen LogP contribution < -0.4 is 10.1 Å². The molecule has 0 aliphatic rings. The lowest BCUT2D eigenvalue weighted by Crippen LogP contribution is -2.38. The summed E-state index contributed by atoms with van der Waals surface area (Å²) in [6.07, 6.45) is 0. The lowest BCUT2D eigenvalue weighted by atomic mass is 10.1. The second-order valence-corrected chi connectivity index (χ2v) is 4.80. The molecule has 0 saturated heterocycles. The minimum Gasteiger partial charge on any atom is -0.497 e. The number of benzene rings is 1. The van der Waals surface area contributed by atoms with Crippen LogP contribution in [-0.2, 0) is 0 Å². The molecule has 3 nitrogen and oxygen atoms in total. The third-order valence-electron chi connectivity index (χ3n) is 3.40. The molecule has 1 N–H and O–H groups in total. The number of ether oxygens (including phenoxy) is 1. The van der Waals surface area contributed by atoms with Gasteiger partial charge < -0.3 is 10.1 Å². The molecule has 0 aromatic heterocycles. The second kappa shape index (κ2) is 7.39. The van der Waals surface area contributed by atoms with Gasteiger partial charge in [0, 0.05) is 18.6 Å². The van der Waals surface area contributed by atoms with Crippen LogP contribution in [0.1, 0.15) is 32.4 Å². The standard InChI is InChI=1S/C15H26N2O/c1-6-17(12(2)3)11-15(16-4)13-8-7-9-14(10-13)18-5/h7-10,12,15-16H,6,11H2,1-5H3. The highest BCUT2D eigenvalue weighted by atomic mass is 16.5. The monoisotopic (exact) mass is 250 g/mol. The van der Waals surface area contributed by atoms with Crippen molar-refractivity contribution in [1.82, 2.24) is 10.2 Å². The van der Waals surface area contributed by atoms with E-state index in [0.717, 1.165) is 18.8 Å². The highest BCUT2D eigenvalue weighted by molar-refractivity contribution is 5.30. The van der Waals surface area contributed by atoms with Crippen LogP contribution in [0.15, 0.2) is 24.3 Å². The summed E-state index contributed by atoms with van der Waals surface area (Å²) in [4.78, 5) is 2.46. The van der Waals surface area contributed by atoms with Crippen LogP contribution in [0.25, 0.3) is 0 Å². The van der Waals surface area contributed by atoms with Crippen molar-refractivity contribution >= 4 is 0 Å². The lowest BCUT2D eigenvalue weighted by molar-refractivity contribution is 0.210. The topological polar surface area (TPSA) is 24.5 Å². The maximum atomic E-state index is 5.29. The molecular weight excluding hydrogens is 224 g/mol. The summed E-state index contributed by atoms with van der Waals surface area (Å²) in [7, 11) is 3.72. The predicted octanol–water partition coefficient (Wildman–Crippen LogP) is 2.69. The van der Waals surface area contributed by atoms with Gasteiger partial charge in [0.1, 0.15) is 5.75 Å². The summed E-state index contributed by atoms with van der Waals surface area (Å²) in [6, 6.07) is 9.19. The fourth-order valence-corrected chi connectivity index (χ4v) is 2.16. The van der Waals surface area contributed by atoms with Gasteiger partial charge in [0.25, 0.3) is 0 Å². The number of likely N-dealkylation sites (N-methyl/N-ethyl adjacent to an activating group) is 2. The minimum atomic E-state index is 0.336. The molecule has 0 bridgehead atoms. The number of nitrogens with one attached hydrogen (secondary N) is 1. The van der Waals surface area contributed by atoms with Crippen LogP contribution >= 0.6 is 0 Å². The van der Waals surface area contributed by atoms with E-state index in [0.29, 0.717) is 12.1 Å². The van der Waals surface area contributed by atoms with Gasteiger partial charge in [0.05, 0.1) is 7.11 Å². The first kappa shape index (κ1) is 15.0. The molecule has 18 heavy (non-hydrogen) atoms. The quantitative estimate of drug-likeness (QED) is 0.805. The number of hydrogen-bond donors (Lipinski definition) is 1. The van der Waals surface area contributed by atoms with E-state index in [1.807, 2.05) is 19.2 Å². The summed E-state index contributed by atoms with van der Waals surface area (Å²) in [5.74, 6) is 0.917. The normalized spacial score (nSPS) is 13.1. The van der Waals surface area contributed by atoms with Crippen LogP contribution in [0.2, 0.25) is 0 Å². The number of methoxy groups -OCH3 is 1. The summed E-state index contributed by atoms with van der Waals surface area (Å²) in [6.45, 7) is 8.76. The van der Waals surface area contributed by atoms with E-state index in [1.165, 1.54) is 5.56 Å². The molecule has 1 atom stereocenters. The zero-order valence-corrected chi connectivity index (χ0v) is 12.2. The van der Waals surface area contributed by atoms with Crippen molar-refractivity contribution in [2.24, 2.45) is 0 Å². The highest BCUT2D eigenvalue weighted by Gasteiger charge is 2.15. The van der Waals surface area contributed by atoms with Crippen LogP contribution in [0, 0.1) is 0 Å². The SMILES string of the molecule is CCN(CC(NC)c1cccc(OC)c1)C(C)C. The molecule has 0 amide bonds. The Bertz CT molecular complexity index is 352. The Hall–Kier alpha value is -1.06. The molecule has 0 fully saturated rings. The van der Waals surface area contributed by atoms with E-state index in [4.69, 9.17) is 4.74 Å². The van der Waals surface area contributed by atoms with Crippen LogP contribution in [-0.4, -0.2) is 38.2 Å². The predicted molar refractivity (Wildman–Crippen MR) is 77.2 cm³/mol. The number of nitrogens with zero attached hydrogens (tertiary/aromatic N) is 1. The van der Waals surface area contributed by atoms with E-state index in [1.54, 1.807) is 7.11 Å². The molecule has 0 radical (unpaired) electrons. The van der Waals surface area contributed by atoms with Gasteiger partial charge in [-0.2, -0.15) is 0 Å². The fraction of sp³-hybridized carbons (Fsp3) is 0.600. The molecule has 1 unspecified atom stereocenters. The van der Waals surface area contributed by atoms with Gasteiger partial charge in [-0.3, -0.25) is 4.90 Å². The van der Waals surface area contributed by atoms with E-state index < -0.39 is 0 Å². The number of rotatable bonds is 7. The van der Waals surface area contributed by atoms with Gasteiger partial charge in [-0.1, -0.05) is 19.1 Å². The Balaban J connectivity index is 2.81. The van der Waals surface area contributed by atoms with Crippen molar-refractivity contribution in [1.29, 1.82) is 0 Å². The lowest BCUT2D eigenvalue weighted by Gasteiger charge is -2.29. The summed E-state index contributed by atoms with van der Waals surface area (Å²) in [5, 5.41) is 3.39. The number of hydrogen-bond acceptors (Lipinski definition) is 3. The summed E-state index contributed by atoms with van der Waals surface area (Å²) >= 11 is 0. The molecule has 102 valence electrons. The Kier molecular flexibility index (Phi) is 6.16. The molecule has 1 rings (SSSR count). The van der Waals surface area contributed by atoms with Crippen molar-refractivity contribution in [3.8, 4) is 5.75 Å². The first-order valence-corrected chi connectivity index (χ1v) is 6.67. The molecule has 0 saturated carbocycles. The van der Waals surface area contributed by atoms with Crippen LogP contribution in [0.4, 0.5) is 0 Å². The molecule has 3 heteroatoms. The summed E-state index contributed by atoms with van der Waals surface area (Å²) < 4.78 is 5.29. The van der Waals surface area contributed by atoms with Gasteiger partial charge in [-0.05, 0) is 45.1 Å². The van der Waals surface area contributed by atoms with Crippen molar-refractivity contribution in [3.05, 3.63) is 29.8 Å². The first-order valence-electron chi connectivity index (χ1n) is 6.67. The molecule has 0 heterocycles. The van der Waals surface area contributed by atoms with Gasteiger partial charge in [-0.25, -0.2) is 0 Å². The Labute approximate surface area is 111 Å². The van der Waals surface area contributed by atoms with E-state index in [9.17, 15) is 0 Å². The largest absolute Gasteiger partial charge is 0.497 e. The zero-order valence-electron chi connectivity index (χ0n) is 12.2. The molecular formula is C15H26N2O. The van der Waals surface area contributed by atoms with Gasteiger partial charge in [0.2, 0.25) is 0 Å². The highest BCUT2D eigenvalue weighted by Crippen LogP contribution is 2.20. The van der Waals surface area contributed by atoms with Crippen molar-refractivity contribution < 1.29 is 4.74 Å². The minimum absolute atomic E-state index is 0.336. The average molecular weight is 250 g/mol. The van der Waals surface area contributed by atoms with Crippen molar-refractivity contribution in [3.63, 3.8) is 0 Å². The Morgan fingerprint density at radius 2 is 2.06 bits per heavy atom. The van der Waals surface area contributed by atoms with Crippen LogP contribution in [0.3, 0.4) is 0 Å². The first-order chi connectivity index (χ1) is 8.62. The third kappa shape index (κ3) is 4.00. The third-order valence-corrected chi connectivity index (χ3v) is 3.40. The molecule has 1 aromatic rings. The maximum absolute atomic E-state index is 5.29. The fourth-order valence-electron chi connectivity index (χ4n) is 2.16.